The topological polar surface area (TPSA) is 55.0 Å². The van der Waals surface area contributed by atoms with Gasteiger partial charge in [0.1, 0.15) is 5.82 Å². The maximum atomic E-state index is 5.88. The van der Waals surface area contributed by atoms with E-state index in [1.807, 2.05) is 49.8 Å². The van der Waals surface area contributed by atoms with Crippen molar-refractivity contribution in [3.63, 3.8) is 0 Å². The number of hydrogen-bond donors (Lipinski definition) is 1. The number of nitrogens with zero attached hydrogens (tertiary/aromatic N) is 3. The minimum Gasteiger partial charge on any atom is -0.355 e. The van der Waals surface area contributed by atoms with Gasteiger partial charge in [-0.1, -0.05) is 18.2 Å². The van der Waals surface area contributed by atoms with Crippen molar-refractivity contribution < 1.29 is 0 Å². The normalized spacial score (nSPS) is 10.8. The van der Waals surface area contributed by atoms with Crippen LogP contribution in [0.3, 0.4) is 0 Å². The van der Waals surface area contributed by atoms with Crippen LogP contribution >= 0.6 is 0 Å². The Morgan fingerprint density at radius 2 is 1.86 bits per heavy atom. The number of rotatable bonds is 4. The molecule has 4 nitrogen and oxygen atoms in total. The lowest BCUT2D eigenvalue weighted by molar-refractivity contribution is 0.896. The molecule has 0 saturated carbocycles. The highest BCUT2D eigenvalue weighted by Gasteiger charge is 2.08. The predicted molar refractivity (Wildman–Crippen MR) is 86.0 cm³/mol. The van der Waals surface area contributed by atoms with E-state index in [0.717, 1.165) is 28.8 Å². The number of benzene rings is 1. The lowest BCUT2D eigenvalue weighted by atomic mass is 10.1. The van der Waals surface area contributed by atoms with E-state index in [9.17, 15) is 0 Å². The molecule has 0 fully saturated rings. The van der Waals surface area contributed by atoms with Gasteiger partial charge in [-0.3, -0.25) is 4.98 Å². The molecule has 21 heavy (non-hydrogen) atoms. The molecular weight excluding hydrogens is 260 g/mol. The van der Waals surface area contributed by atoms with Gasteiger partial charge in [0.25, 0.3) is 0 Å². The highest BCUT2D eigenvalue weighted by molar-refractivity contribution is 5.84. The van der Waals surface area contributed by atoms with Crippen molar-refractivity contribution in [2.75, 3.05) is 11.9 Å². The summed E-state index contributed by atoms with van der Waals surface area (Å²) in [4.78, 5) is 10.9. The summed E-state index contributed by atoms with van der Waals surface area (Å²) < 4.78 is 0. The molecular formula is C17H18N4. The fraction of sp³-hybridized carbons (Fsp3) is 0.176. The molecule has 2 aromatic heterocycles. The quantitative estimate of drug-likeness (QED) is 0.797. The number of aromatic nitrogens is 2. The zero-order valence-corrected chi connectivity index (χ0v) is 12.0. The van der Waals surface area contributed by atoms with Crippen molar-refractivity contribution in [2.45, 2.75) is 13.1 Å². The van der Waals surface area contributed by atoms with Gasteiger partial charge in [-0.25, -0.2) is 4.98 Å². The first-order chi connectivity index (χ1) is 10.3. The first-order valence-corrected chi connectivity index (χ1v) is 6.96. The second-order valence-electron chi connectivity index (χ2n) is 5.07. The number of fused-ring (bicyclic) bond motifs is 1. The second kappa shape index (κ2) is 5.89. The van der Waals surface area contributed by atoms with Gasteiger partial charge < -0.3 is 10.6 Å². The van der Waals surface area contributed by atoms with Gasteiger partial charge in [-0.15, -0.1) is 0 Å². The summed E-state index contributed by atoms with van der Waals surface area (Å²) in [6.45, 7) is 1.30. The van der Waals surface area contributed by atoms with Crippen LogP contribution in [-0.4, -0.2) is 17.0 Å². The fourth-order valence-electron chi connectivity index (χ4n) is 2.44. The van der Waals surface area contributed by atoms with Gasteiger partial charge in [0.15, 0.2) is 0 Å². The zero-order valence-electron chi connectivity index (χ0n) is 12.0. The Hall–Kier alpha value is -2.46. The third-order valence-electron chi connectivity index (χ3n) is 3.57. The molecule has 0 spiro atoms. The van der Waals surface area contributed by atoms with Gasteiger partial charge in [0, 0.05) is 37.9 Å². The third-order valence-corrected chi connectivity index (χ3v) is 3.57. The summed E-state index contributed by atoms with van der Waals surface area (Å²) in [6.07, 6.45) is 3.62. The third kappa shape index (κ3) is 2.85. The lowest BCUT2D eigenvalue weighted by Gasteiger charge is -2.20. The van der Waals surface area contributed by atoms with E-state index in [0.29, 0.717) is 6.54 Å². The molecule has 2 N–H and O–H groups in total. The first-order valence-electron chi connectivity index (χ1n) is 6.96. The van der Waals surface area contributed by atoms with Crippen molar-refractivity contribution in [3.05, 3.63) is 66.0 Å². The van der Waals surface area contributed by atoms with E-state index in [-0.39, 0.29) is 0 Å². The summed E-state index contributed by atoms with van der Waals surface area (Å²) in [5.41, 5.74) is 9.19. The Morgan fingerprint density at radius 3 is 2.62 bits per heavy atom. The second-order valence-corrected chi connectivity index (χ2v) is 5.07. The monoisotopic (exact) mass is 278 g/mol. The molecule has 0 aliphatic carbocycles. The van der Waals surface area contributed by atoms with Crippen molar-refractivity contribution in [2.24, 2.45) is 5.73 Å². The Balaban J connectivity index is 1.96. The molecule has 106 valence electrons. The van der Waals surface area contributed by atoms with Gasteiger partial charge in [-0.2, -0.15) is 0 Å². The van der Waals surface area contributed by atoms with Crippen LogP contribution in [0, 0.1) is 0 Å². The fourth-order valence-corrected chi connectivity index (χ4v) is 2.44. The van der Waals surface area contributed by atoms with E-state index in [4.69, 9.17) is 10.7 Å². The summed E-state index contributed by atoms with van der Waals surface area (Å²) in [6, 6.07) is 14.2. The molecule has 1 aromatic carbocycles. The predicted octanol–water partition coefficient (Wildman–Crippen LogP) is 2.72. The molecule has 0 aliphatic heterocycles. The molecule has 0 unspecified atom stereocenters. The summed E-state index contributed by atoms with van der Waals surface area (Å²) in [5, 5.41) is 1.13. The molecule has 0 atom stereocenters. The van der Waals surface area contributed by atoms with Crippen LogP contribution in [0.2, 0.25) is 0 Å². The Bertz CT molecular complexity index is 740. The van der Waals surface area contributed by atoms with Crippen molar-refractivity contribution in [1.29, 1.82) is 0 Å². The van der Waals surface area contributed by atoms with Crippen LogP contribution in [-0.2, 0) is 13.1 Å². The van der Waals surface area contributed by atoms with Crippen LogP contribution in [0.4, 0.5) is 5.82 Å². The smallest absolute Gasteiger partial charge is 0.129 e. The van der Waals surface area contributed by atoms with E-state index in [2.05, 4.69) is 22.0 Å². The van der Waals surface area contributed by atoms with Crippen LogP contribution < -0.4 is 10.6 Å². The maximum absolute atomic E-state index is 5.88. The minimum atomic E-state index is 0.513. The van der Waals surface area contributed by atoms with Gasteiger partial charge in [-0.05, 0) is 35.4 Å². The summed E-state index contributed by atoms with van der Waals surface area (Å²) in [7, 11) is 2.04. The standard InChI is InChI=1S/C17H18N4/c1-21(12-13-6-8-19-9-7-13)17-10-14(11-18)15-4-2-3-5-16(15)20-17/h2-10H,11-12,18H2,1H3. The number of anilines is 1. The molecule has 0 radical (unpaired) electrons. The van der Waals surface area contributed by atoms with Gasteiger partial charge >= 0.3 is 0 Å². The lowest BCUT2D eigenvalue weighted by Crippen LogP contribution is -2.18. The molecule has 2 heterocycles. The van der Waals surface area contributed by atoms with Gasteiger partial charge in [0.2, 0.25) is 0 Å². The van der Waals surface area contributed by atoms with Crippen molar-refractivity contribution in [3.8, 4) is 0 Å². The van der Waals surface area contributed by atoms with E-state index < -0.39 is 0 Å². The molecule has 0 amide bonds. The molecule has 0 aliphatic rings. The highest BCUT2D eigenvalue weighted by atomic mass is 15.2. The number of pyridine rings is 2. The van der Waals surface area contributed by atoms with Gasteiger partial charge in [0.05, 0.1) is 5.52 Å². The Kier molecular flexibility index (Phi) is 3.79. The van der Waals surface area contributed by atoms with Crippen LogP contribution in [0.1, 0.15) is 11.1 Å². The molecule has 0 saturated heterocycles. The van der Waals surface area contributed by atoms with E-state index in [1.54, 1.807) is 0 Å². The number of nitrogens with two attached hydrogens (primary N) is 1. The van der Waals surface area contributed by atoms with Crippen molar-refractivity contribution >= 4 is 16.7 Å². The largest absolute Gasteiger partial charge is 0.355 e. The molecule has 0 bridgehead atoms. The Morgan fingerprint density at radius 1 is 1.10 bits per heavy atom. The molecule has 3 rings (SSSR count). The van der Waals surface area contributed by atoms with Crippen LogP contribution in [0.5, 0.6) is 0 Å². The number of hydrogen-bond acceptors (Lipinski definition) is 4. The van der Waals surface area contributed by atoms with E-state index in [1.165, 1.54) is 5.56 Å². The average molecular weight is 278 g/mol. The van der Waals surface area contributed by atoms with Crippen LogP contribution in [0.25, 0.3) is 10.9 Å². The zero-order chi connectivity index (χ0) is 14.7. The highest BCUT2D eigenvalue weighted by Crippen LogP contribution is 2.23. The van der Waals surface area contributed by atoms with Crippen LogP contribution in [0.15, 0.2) is 54.9 Å². The first kappa shape index (κ1) is 13.5. The average Bonchev–Trinajstić information content (AvgIpc) is 2.54. The summed E-state index contributed by atoms with van der Waals surface area (Å²) >= 11 is 0. The van der Waals surface area contributed by atoms with Crippen molar-refractivity contribution in [1.82, 2.24) is 9.97 Å². The number of para-hydroxylation sites is 1. The maximum Gasteiger partial charge on any atom is 0.129 e. The molecule has 3 aromatic rings. The summed E-state index contributed by atoms with van der Waals surface area (Å²) in [5.74, 6) is 0.936. The Labute approximate surface area is 124 Å². The SMILES string of the molecule is CN(Cc1ccncc1)c1cc(CN)c2ccccc2n1. The molecule has 4 heteroatoms. The minimum absolute atomic E-state index is 0.513. The van der Waals surface area contributed by atoms with E-state index >= 15 is 0 Å².